The zero-order valence-corrected chi connectivity index (χ0v) is 13.1. The van der Waals surface area contributed by atoms with Gasteiger partial charge in [0.15, 0.2) is 0 Å². The van der Waals surface area contributed by atoms with Crippen LogP contribution >= 0.6 is 0 Å². The molecule has 2 rings (SSSR count). The van der Waals surface area contributed by atoms with E-state index in [1.807, 2.05) is 6.07 Å². The summed E-state index contributed by atoms with van der Waals surface area (Å²) >= 11 is 0. The van der Waals surface area contributed by atoms with Crippen molar-refractivity contribution in [3.05, 3.63) is 23.8 Å². The van der Waals surface area contributed by atoms with Crippen LogP contribution in [0.15, 0.2) is 18.2 Å². The lowest BCUT2D eigenvalue weighted by atomic mass is 10.1. The second-order valence-electron chi connectivity index (χ2n) is 5.81. The van der Waals surface area contributed by atoms with E-state index in [0.717, 1.165) is 31.5 Å². The van der Waals surface area contributed by atoms with Crippen LogP contribution in [0.1, 0.15) is 50.5 Å². The molecule has 1 fully saturated rings. The molecule has 1 saturated heterocycles. The van der Waals surface area contributed by atoms with Crippen LogP contribution in [0.4, 0.5) is 5.69 Å². The average Bonchev–Trinajstić information content (AvgIpc) is 2.66. The summed E-state index contributed by atoms with van der Waals surface area (Å²) in [4.78, 5) is 13.2. The molecule has 1 aliphatic rings. The Bertz CT molecular complexity index is 435. The first-order valence-electron chi connectivity index (χ1n) is 8.20. The number of hydrogen-bond donors (Lipinski definition) is 0. The van der Waals surface area contributed by atoms with Crippen LogP contribution in [-0.2, 0) is 11.2 Å². The van der Waals surface area contributed by atoms with Crippen LogP contribution < -0.4 is 9.64 Å². The SMILES string of the molecule is COc1ccc(CCC=O)c(N2CCCCCCCC2)c1. The van der Waals surface area contributed by atoms with E-state index in [0.29, 0.717) is 6.42 Å². The minimum Gasteiger partial charge on any atom is -0.497 e. The molecule has 3 nitrogen and oxygen atoms in total. The third-order valence-electron chi connectivity index (χ3n) is 4.27. The Hall–Kier alpha value is -1.51. The van der Waals surface area contributed by atoms with Gasteiger partial charge in [0, 0.05) is 31.3 Å². The van der Waals surface area contributed by atoms with Crippen molar-refractivity contribution in [1.29, 1.82) is 0 Å². The molecule has 1 aromatic rings. The Balaban J connectivity index is 2.21. The predicted octanol–water partition coefficient (Wildman–Crippen LogP) is 3.99. The van der Waals surface area contributed by atoms with Gasteiger partial charge in [-0.25, -0.2) is 0 Å². The number of anilines is 1. The molecule has 0 saturated carbocycles. The van der Waals surface area contributed by atoms with E-state index in [2.05, 4.69) is 17.0 Å². The second kappa shape index (κ2) is 8.71. The number of methoxy groups -OCH3 is 1. The summed E-state index contributed by atoms with van der Waals surface area (Å²) in [5.74, 6) is 0.903. The Morgan fingerprint density at radius 2 is 1.76 bits per heavy atom. The summed E-state index contributed by atoms with van der Waals surface area (Å²) in [7, 11) is 1.71. The van der Waals surface area contributed by atoms with Crippen LogP contribution in [0.3, 0.4) is 0 Å². The lowest BCUT2D eigenvalue weighted by molar-refractivity contribution is -0.107. The minimum absolute atomic E-state index is 0.590. The van der Waals surface area contributed by atoms with Crippen molar-refractivity contribution in [2.24, 2.45) is 0 Å². The maximum atomic E-state index is 10.7. The van der Waals surface area contributed by atoms with E-state index in [4.69, 9.17) is 4.74 Å². The van der Waals surface area contributed by atoms with Gasteiger partial charge in [-0.15, -0.1) is 0 Å². The summed E-state index contributed by atoms with van der Waals surface area (Å²) < 4.78 is 5.39. The van der Waals surface area contributed by atoms with Gasteiger partial charge in [-0.05, 0) is 30.9 Å². The molecule has 0 spiro atoms. The fourth-order valence-corrected chi connectivity index (χ4v) is 3.06. The minimum atomic E-state index is 0.590. The van der Waals surface area contributed by atoms with Crippen LogP contribution in [0.2, 0.25) is 0 Å². The topological polar surface area (TPSA) is 29.5 Å². The van der Waals surface area contributed by atoms with Gasteiger partial charge in [-0.2, -0.15) is 0 Å². The summed E-state index contributed by atoms with van der Waals surface area (Å²) in [6.45, 7) is 2.22. The smallest absolute Gasteiger partial charge is 0.120 e. The fraction of sp³-hybridized carbons (Fsp3) is 0.611. The van der Waals surface area contributed by atoms with Gasteiger partial charge >= 0.3 is 0 Å². The monoisotopic (exact) mass is 289 g/mol. The number of carbonyl (C=O) groups excluding carboxylic acids is 1. The lowest BCUT2D eigenvalue weighted by Crippen LogP contribution is -2.26. The van der Waals surface area contributed by atoms with Gasteiger partial charge in [0.2, 0.25) is 0 Å². The molecular formula is C18H27NO2. The normalized spacial score (nSPS) is 16.7. The third-order valence-corrected chi connectivity index (χ3v) is 4.27. The first-order valence-corrected chi connectivity index (χ1v) is 8.20. The highest BCUT2D eigenvalue weighted by Crippen LogP contribution is 2.28. The van der Waals surface area contributed by atoms with Crippen molar-refractivity contribution in [3.63, 3.8) is 0 Å². The van der Waals surface area contributed by atoms with Crippen molar-refractivity contribution in [2.75, 3.05) is 25.1 Å². The van der Waals surface area contributed by atoms with Crippen molar-refractivity contribution in [1.82, 2.24) is 0 Å². The summed E-state index contributed by atoms with van der Waals surface area (Å²) in [5.41, 5.74) is 2.53. The maximum absolute atomic E-state index is 10.7. The lowest BCUT2D eigenvalue weighted by Gasteiger charge is -2.27. The number of carbonyl (C=O) groups is 1. The predicted molar refractivity (Wildman–Crippen MR) is 87.3 cm³/mol. The van der Waals surface area contributed by atoms with E-state index in [9.17, 15) is 4.79 Å². The van der Waals surface area contributed by atoms with Gasteiger partial charge in [0.05, 0.1) is 7.11 Å². The molecule has 0 aromatic heterocycles. The van der Waals surface area contributed by atoms with Crippen LogP contribution in [0, 0.1) is 0 Å². The molecule has 1 aromatic carbocycles. The molecule has 0 unspecified atom stereocenters. The van der Waals surface area contributed by atoms with Gasteiger partial charge in [0.1, 0.15) is 12.0 Å². The van der Waals surface area contributed by atoms with Crippen molar-refractivity contribution < 1.29 is 9.53 Å². The van der Waals surface area contributed by atoms with Crippen molar-refractivity contribution in [3.8, 4) is 5.75 Å². The summed E-state index contributed by atoms with van der Waals surface area (Å²) in [6, 6.07) is 6.25. The van der Waals surface area contributed by atoms with E-state index in [1.165, 1.54) is 49.8 Å². The van der Waals surface area contributed by atoms with E-state index in [-0.39, 0.29) is 0 Å². The highest BCUT2D eigenvalue weighted by Gasteiger charge is 2.13. The number of rotatable bonds is 5. The molecule has 3 heteroatoms. The molecule has 1 aliphatic heterocycles. The van der Waals surface area contributed by atoms with Crippen LogP contribution in [0.5, 0.6) is 5.75 Å². The van der Waals surface area contributed by atoms with E-state index in [1.54, 1.807) is 7.11 Å². The Morgan fingerprint density at radius 3 is 2.38 bits per heavy atom. The molecular weight excluding hydrogens is 262 g/mol. The molecule has 0 aliphatic carbocycles. The van der Waals surface area contributed by atoms with Gasteiger partial charge in [-0.3, -0.25) is 0 Å². The van der Waals surface area contributed by atoms with Gasteiger partial charge < -0.3 is 14.4 Å². The first kappa shape index (κ1) is 15.9. The molecule has 0 amide bonds. The molecule has 21 heavy (non-hydrogen) atoms. The molecule has 0 atom stereocenters. The number of ether oxygens (including phenoxy) is 1. The standard InChI is InChI=1S/C18H27NO2/c1-21-17-11-10-16(9-8-14-20)18(15-17)19-12-6-4-2-3-5-7-13-19/h10-11,14-15H,2-9,12-13H2,1H3. The Kier molecular flexibility index (Phi) is 6.58. The van der Waals surface area contributed by atoms with E-state index < -0.39 is 0 Å². The van der Waals surface area contributed by atoms with Crippen LogP contribution in [0.25, 0.3) is 0 Å². The van der Waals surface area contributed by atoms with Gasteiger partial charge in [-0.1, -0.05) is 31.7 Å². The number of aryl methyl sites for hydroxylation is 1. The number of benzene rings is 1. The number of aldehydes is 1. The molecule has 0 N–H and O–H groups in total. The summed E-state index contributed by atoms with van der Waals surface area (Å²) in [6.07, 6.45) is 10.3. The summed E-state index contributed by atoms with van der Waals surface area (Å²) in [5, 5.41) is 0. The fourth-order valence-electron chi connectivity index (χ4n) is 3.06. The molecule has 1 heterocycles. The first-order chi connectivity index (χ1) is 10.3. The largest absolute Gasteiger partial charge is 0.497 e. The number of hydrogen-bond acceptors (Lipinski definition) is 3. The molecule has 0 bridgehead atoms. The van der Waals surface area contributed by atoms with Crippen molar-refractivity contribution >= 4 is 12.0 Å². The molecule has 116 valence electrons. The number of nitrogens with zero attached hydrogens (tertiary/aromatic N) is 1. The average molecular weight is 289 g/mol. The van der Waals surface area contributed by atoms with Gasteiger partial charge in [0.25, 0.3) is 0 Å². The Labute approximate surface area is 128 Å². The zero-order valence-electron chi connectivity index (χ0n) is 13.1. The third kappa shape index (κ3) is 4.76. The zero-order chi connectivity index (χ0) is 14.9. The Morgan fingerprint density at radius 1 is 1.10 bits per heavy atom. The second-order valence-corrected chi connectivity index (χ2v) is 5.81. The quantitative estimate of drug-likeness (QED) is 0.768. The molecule has 0 radical (unpaired) electrons. The van der Waals surface area contributed by atoms with Crippen molar-refractivity contribution in [2.45, 2.75) is 51.4 Å². The highest BCUT2D eigenvalue weighted by atomic mass is 16.5. The van der Waals surface area contributed by atoms with E-state index >= 15 is 0 Å². The maximum Gasteiger partial charge on any atom is 0.120 e. The van der Waals surface area contributed by atoms with Crippen LogP contribution in [-0.4, -0.2) is 26.5 Å². The highest BCUT2D eigenvalue weighted by molar-refractivity contribution is 5.59.